The number of aromatic nitrogens is 1. The first-order valence-corrected chi connectivity index (χ1v) is 4.88. The van der Waals surface area contributed by atoms with Gasteiger partial charge in [0.2, 0.25) is 0 Å². The van der Waals surface area contributed by atoms with E-state index in [0.29, 0.717) is 5.56 Å². The molecular formula is C10H7NO2S. The molecule has 0 radical (unpaired) electrons. The van der Waals surface area contributed by atoms with Crippen LogP contribution in [0.15, 0.2) is 36.0 Å². The number of rotatable bonds is 2. The van der Waals surface area contributed by atoms with Crippen molar-refractivity contribution in [1.29, 1.82) is 0 Å². The van der Waals surface area contributed by atoms with Crippen LogP contribution in [0.2, 0.25) is 0 Å². The second-order valence-electron chi connectivity index (χ2n) is 2.70. The number of nitrogens with zero attached hydrogens (tertiary/aromatic N) is 1. The molecule has 0 saturated heterocycles. The van der Waals surface area contributed by atoms with Gasteiger partial charge in [0, 0.05) is 17.3 Å². The Labute approximate surface area is 84.7 Å². The van der Waals surface area contributed by atoms with Crippen LogP contribution in [0.3, 0.4) is 0 Å². The van der Waals surface area contributed by atoms with Crippen molar-refractivity contribution in [3.63, 3.8) is 0 Å². The zero-order valence-corrected chi connectivity index (χ0v) is 7.99. The van der Waals surface area contributed by atoms with E-state index >= 15 is 0 Å². The highest BCUT2D eigenvalue weighted by Gasteiger charge is 2.12. The molecule has 70 valence electrons. The van der Waals surface area contributed by atoms with E-state index in [2.05, 4.69) is 4.98 Å². The molecule has 0 aliphatic rings. The van der Waals surface area contributed by atoms with Crippen molar-refractivity contribution in [1.82, 2.24) is 4.98 Å². The van der Waals surface area contributed by atoms with Gasteiger partial charge < -0.3 is 5.11 Å². The number of carbonyl (C=O) groups is 1. The van der Waals surface area contributed by atoms with Crippen molar-refractivity contribution < 1.29 is 9.90 Å². The first-order chi connectivity index (χ1) is 6.79. The van der Waals surface area contributed by atoms with Crippen molar-refractivity contribution in [2.24, 2.45) is 0 Å². The number of pyridine rings is 1. The molecule has 14 heavy (non-hydrogen) atoms. The van der Waals surface area contributed by atoms with Gasteiger partial charge in [0.05, 0.1) is 5.56 Å². The normalized spacial score (nSPS) is 10.0. The molecule has 0 amide bonds. The summed E-state index contributed by atoms with van der Waals surface area (Å²) in [5.74, 6) is -0.891. The number of hydrogen-bond donors (Lipinski definition) is 1. The highest BCUT2D eigenvalue weighted by molar-refractivity contribution is 7.14. The standard InChI is InChI=1S/C10H7NO2S/c12-10(13)8-3-6-14-9(8)7-1-4-11-5-2-7/h1-6H,(H,12,13). The molecule has 0 unspecified atom stereocenters. The van der Waals surface area contributed by atoms with Crippen LogP contribution in [0.25, 0.3) is 10.4 Å². The molecular weight excluding hydrogens is 198 g/mol. The van der Waals surface area contributed by atoms with Gasteiger partial charge in [0.15, 0.2) is 0 Å². The minimum Gasteiger partial charge on any atom is -0.478 e. The van der Waals surface area contributed by atoms with Gasteiger partial charge in [-0.3, -0.25) is 4.98 Å². The van der Waals surface area contributed by atoms with Gasteiger partial charge in [-0.05, 0) is 29.1 Å². The van der Waals surface area contributed by atoms with Crippen LogP contribution in [-0.4, -0.2) is 16.1 Å². The Morgan fingerprint density at radius 3 is 2.64 bits per heavy atom. The van der Waals surface area contributed by atoms with E-state index < -0.39 is 5.97 Å². The highest BCUT2D eigenvalue weighted by Crippen LogP contribution is 2.28. The zero-order valence-electron chi connectivity index (χ0n) is 7.18. The van der Waals surface area contributed by atoms with Crippen molar-refractivity contribution >= 4 is 17.3 Å². The zero-order chi connectivity index (χ0) is 9.97. The SMILES string of the molecule is O=C(O)c1ccsc1-c1ccncc1. The Bertz CT molecular complexity index is 450. The van der Waals surface area contributed by atoms with E-state index in [1.54, 1.807) is 36.0 Å². The van der Waals surface area contributed by atoms with Crippen molar-refractivity contribution in [2.45, 2.75) is 0 Å². The first-order valence-electron chi connectivity index (χ1n) is 4.00. The Morgan fingerprint density at radius 1 is 1.29 bits per heavy atom. The van der Waals surface area contributed by atoms with Gasteiger partial charge in [-0.25, -0.2) is 4.79 Å². The van der Waals surface area contributed by atoms with E-state index in [0.717, 1.165) is 10.4 Å². The monoisotopic (exact) mass is 205 g/mol. The molecule has 2 heterocycles. The van der Waals surface area contributed by atoms with Gasteiger partial charge >= 0.3 is 5.97 Å². The average molecular weight is 205 g/mol. The third-order valence-electron chi connectivity index (χ3n) is 1.84. The Balaban J connectivity index is 2.52. The molecule has 2 aromatic heterocycles. The van der Waals surface area contributed by atoms with Crippen LogP contribution in [0.5, 0.6) is 0 Å². The first kappa shape index (κ1) is 8.90. The van der Waals surface area contributed by atoms with Crippen LogP contribution < -0.4 is 0 Å². The lowest BCUT2D eigenvalue weighted by Crippen LogP contribution is -1.95. The molecule has 0 aliphatic carbocycles. The maximum Gasteiger partial charge on any atom is 0.337 e. The number of aromatic carboxylic acids is 1. The maximum atomic E-state index is 10.8. The third kappa shape index (κ3) is 1.52. The summed E-state index contributed by atoms with van der Waals surface area (Å²) in [5.41, 5.74) is 1.24. The lowest BCUT2D eigenvalue weighted by Gasteiger charge is -1.98. The van der Waals surface area contributed by atoms with E-state index in [4.69, 9.17) is 5.11 Å². The van der Waals surface area contributed by atoms with Crippen LogP contribution in [-0.2, 0) is 0 Å². The molecule has 0 spiro atoms. The molecule has 0 aromatic carbocycles. The smallest absolute Gasteiger partial charge is 0.337 e. The number of carboxylic acid groups (broad SMARTS) is 1. The fourth-order valence-corrected chi connectivity index (χ4v) is 2.10. The second-order valence-corrected chi connectivity index (χ2v) is 3.62. The largest absolute Gasteiger partial charge is 0.478 e. The Hall–Kier alpha value is -1.68. The summed E-state index contributed by atoms with van der Waals surface area (Å²) in [6.07, 6.45) is 3.31. The Morgan fingerprint density at radius 2 is 2.00 bits per heavy atom. The molecule has 0 bridgehead atoms. The van der Waals surface area contributed by atoms with Gasteiger partial charge in [0.1, 0.15) is 0 Å². The lowest BCUT2D eigenvalue weighted by molar-refractivity contribution is 0.0698. The van der Waals surface area contributed by atoms with Crippen LogP contribution in [0, 0.1) is 0 Å². The molecule has 0 saturated carbocycles. The maximum absolute atomic E-state index is 10.8. The number of carboxylic acids is 1. The van der Waals surface area contributed by atoms with Gasteiger partial charge in [-0.15, -0.1) is 11.3 Å². The quantitative estimate of drug-likeness (QED) is 0.819. The molecule has 3 nitrogen and oxygen atoms in total. The topological polar surface area (TPSA) is 50.2 Å². The summed E-state index contributed by atoms with van der Waals surface area (Å²) < 4.78 is 0. The predicted molar refractivity (Wildman–Crippen MR) is 54.5 cm³/mol. The molecule has 2 rings (SSSR count). The molecule has 0 fully saturated rings. The van der Waals surface area contributed by atoms with Crippen molar-refractivity contribution in [2.75, 3.05) is 0 Å². The minimum atomic E-state index is -0.891. The molecule has 4 heteroatoms. The summed E-state index contributed by atoms with van der Waals surface area (Å²) in [7, 11) is 0. The number of thiophene rings is 1. The predicted octanol–water partition coefficient (Wildman–Crippen LogP) is 2.51. The van der Waals surface area contributed by atoms with Crippen LogP contribution in [0.4, 0.5) is 0 Å². The van der Waals surface area contributed by atoms with Crippen LogP contribution in [0.1, 0.15) is 10.4 Å². The Kier molecular flexibility index (Phi) is 2.28. The van der Waals surface area contributed by atoms with Crippen LogP contribution >= 0.6 is 11.3 Å². The summed E-state index contributed by atoms with van der Waals surface area (Å²) in [6, 6.07) is 5.22. The molecule has 0 atom stereocenters. The van der Waals surface area contributed by atoms with Gasteiger partial charge in [0.25, 0.3) is 0 Å². The average Bonchev–Trinajstić information content (AvgIpc) is 2.67. The summed E-state index contributed by atoms with van der Waals surface area (Å²) >= 11 is 1.42. The van der Waals surface area contributed by atoms with E-state index in [1.165, 1.54) is 11.3 Å². The van der Waals surface area contributed by atoms with Crippen molar-refractivity contribution in [3.05, 3.63) is 41.5 Å². The highest BCUT2D eigenvalue weighted by atomic mass is 32.1. The fraction of sp³-hybridized carbons (Fsp3) is 0. The minimum absolute atomic E-state index is 0.348. The van der Waals surface area contributed by atoms with E-state index in [1.807, 2.05) is 0 Å². The summed E-state index contributed by atoms with van der Waals surface area (Å²) in [6.45, 7) is 0. The molecule has 2 aromatic rings. The van der Waals surface area contributed by atoms with E-state index in [-0.39, 0.29) is 0 Å². The summed E-state index contributed by atoms with van der Waals surface area (Å²) in [5, 5.41) is 10.7. The van der Waals surface area contributed by atoms with Gasteiger partial charge in [-0.2, -0.15) is 0 Å². The third-order valence-corrected chi connectivity index (χ3v) is 2.80. The fourth-order valence-electron chi connectivity index (χ4n) is 1.20. The van der Waals surface area contributed by atoms with E-state index in [9.17, 15) is 4.79 Å². The number of hydrogen-bond acceptors (Lipinski definition) is 3. The summed E-state index contributed by atoms with van der Waals surface area (Å²) in [4.78, 5) is 15.5. The second kappa shape index (κ2) is 3.59. The lowest BCUT2D eigenvalue weighted by atomic mass is 10.1. The van der Waals surface area contributed by atoms with Gasteiger partial charge in [-0.1, -0.05) is 0 Å². The van der Waals surface area contributed by atoms with Crippen molar-refractivity contribution in [3.8, 4) is 10.4 Å². The molecule has 1 N–H and O–H groups in total. The molecule has 0 aliphatic heterocycles.